The van der Waals surface area contributed by atoms with Crippen LogP contribution in [-0.4, -0.2) is 36.3 Å². The Balaban J connectivity index is 2.76. The molecule has 0 aliphatic heterocycles. The molecule has 1 rings (SSSR count). The molecule has 4 nitrogen and oxygen atoms in total. The number of likely N-dealkylation sites (N-methyl/N-ethyl adjacent to an activating group) is 2. The van der Waals surface area contributed by atoms with Gasteiger partial charge in [0.1, 0.15) is 0 Å². The summed E-state index contributed by atoms with van der Waals surface area (Å²) in [6, 6.07) is 7.36. The van der Waals surface area contributed by atoms with E-state index in [4.69, 9.17) is 0 Å². The van der Waals surface area contributed by atoms with Crippen LogP contribution < -0.4 is 5.32 Å². The van der Waals surface area contributed by atoms with E-state index in [0.717, 1.165) is 3.57 Å². The predicted molar refractivity (Wildman–Crippen MR) is 79.4 cm³/mol. The van der Waals surface area contributed by atoms with E-state index in [2.05, 4.69) is 27.9 Å². The Morgan fingerprint density at radius 2 is 2.06 bits per heavy atom. The molecule has 1 aromatic carbocycles. The van der Waals surface area contributed by atoms with Crippen molar-refractivity contribution in [3.8, 4) is 0 Å². The second kappa shape index (κ2) is 7.35. The molecule has 0 fully saturated rings. The van der Waals surface area contributed by atoms with E-state index in [1.54, 1.807) is 6.07 Å². The SMILES string of the molecule is CCNC(=O)CN(CC)C(=O)c1cccc(I)c1. The first kappa shape index (κ1) is 14.9. The molecule has 0 saturated heterocycles. The van der Waals surface area contributed by atoms with Gasteiger partial charge in [0.25, 0.3) is 5.91 Å². The third kappa shape index (κ3) is 4.29. The zero-order valence-electron chi connectivity index (χ0n) is 10.6. The van der Waals surface area contributed by atoms with Crippen molar-refractivity contribution in [1.82, 2.24) is 10.2 Å². The Morgan fingerprint density at radius 3 is 2.61 bits per heavy atom. The highest BCUT2D eigenvalue weighted by Crippen LogP contribution is 2.10. The van der Waals surface area contributed by atoms with Crippen LogP contribution in [0.4, 0.5) is 0 Å². The highest BCUT2D eigenvalue weighted by molar-refractivity contribution is 14.1. The summed E-state index contributed by atoms with van der Waals surface area (Å²) in [5, 5.41) is 2.69. The lowest BCUT2D eigenvalue weighted by Gasteiger charge is -2.20. The Bertz CT molecular complexity index is 435. The molecule has 1 aromatic rings. The number of amides is 2. The lowest BCUT2D eigenvalue weighted by Crippen LogP contribution is -2.40. The second-order valence-corrected chi connectivity index (χ2v) is 5.03. The summed E-state index contributed by atoms with van der Waals surface area (Å²) in [5.41, 5.74) is 0.619. The topological polar surface area (TPSA) is 49.4 Å². The molecular formula is C13H17IN2O2. The molecule has 98 valence electrons. The molecule has 0 atom stereocenters. The van der Waals surface area contributed by atoms with E-state index in [-0.39, 0.29) is 18.4 Å². The van der Waals surface area contributed by atoms with Crippen LogP contribution in [0.5, 0.6) is 0 Å². The molecule has 0 unspecified atom stereocenters. The molecule has 0 aliphatic carbocycles. The van der Waals surface area contributed by atoms with Gasteiger partial charge in [0.2, 0.25) is 5.91 Å². The monoisotopic (exact) mass is 360 g/mol. The smallest absolute Gasteiger partial charge is 0.254 e. The highest BCUT2D eigenvalue weighted by Gasteiger charge is 2.16. The predicted octanol–water partition coefficient (Wildman–Crippen LogP) is 1.89. The van der Waals surface area contributed by atoms with Crippen LogP contribution in [0.1, 0.15) is 24.2 Å². The molecule has 0 radical (unpaired) electrons. The van der Waals surface area contributed by atoms with Crippen molar-refractivity contribution >= 4 is 34.4 Å². The van der Waals surface area contributed by atoms with Gasteiger partial charge < -0.3 is 10.2 Å². The maximum Gasteiger partial charge on any atom is 0.254 e. The fourth-order valence-corrected chi connectivity index (χ4v) is 2.10. The van der Waals surface area contributed by atoms with Crippen molar-refractivity contribution in [2.45, 2.75) is 13.8 Å². The van der Waals surface area contributed by atoms with Crippen LogP contribution >= 0.6 is 22.6 Å². The van der Waals surface area contributed by atoms with E-state index in [0.29, 0.717) is 18.7 Å². The summed E-state index contributed by atoms with van der Waals surface area (Å²) in [6.45, 7) is 4.92. The number of carbonyl (C=O) groups excluding carboxylic acids is 2. The number of hydrogen-bond donors (Lipinski definition) is 1. The Labute approximate surface area is 121 Å². The van der Waals surface area contributed by atoms with Crippen LogP contribution in [0, 0.1) is 3.57 Å². The van der Waals surface area contributed by atoms with Gasteiger partial charge in [0, 0.05) is 22.2 Å². The normalized spacial score (nSPS) is 9.94. The number of nitrogens with zero attached hydrogens (tertiary/aromatic N) is 1. The van der Waals surface area contributed by atoms with Gasteiger partial charge in [-0.25, -0.2) is 0 Å². The van der Waals surface area contributed by atoms with Crippen molar-refractivity contribution in [3.05, 3.63) is 33.4 Å². The third-order valence-electron chi connectivity index (χ3n) is 2.45. The van der Waals surface area contributed by atoms with Crippen molar-refractivity contribution in [3.63, 3.8) is 0 Å². The number of carbonyl (C=O) groups is 2. The minimum Gasteiger partial charge on any atom is -0.355 e. The molecule has 0 aliphatic rings. The largest absolute Gasteiger partial charge is 0.355 e. The molecule has 1 N–H and O–H groups in total. The zero-order chi connectivity index (χ0) is 13.5. The van der Waals surface area contributed by atoms with Crippen LogP contribution in [0.2, 0.25) is 0 Å². The molecule has 2 amide bonds. The fraction of sp³-hybridized carbons (Fsp3) is 0.385. The van der Waals surface area contributed by atoms with Crippen LogP contribution in [0.15, 0.2) is 24.3 Å². The van der Waals surface area contributed by atoms with E-state index < -0.39 is 0 Å². The Morgan fingerprint density at radius 1 is 1.33 bits per heavy atom. The number of benzene rings is 1. The Hall–Kier alpha value is -1.11. The summed E-state index contributed by atoms with van der Waals surface area (Å²) in [4.78, 5) is 25.3. The third-order valence-corrected chi connectivity index (χ3v) is 3.12. The molecule has 5 heteroatoms. The maximum absolute atomic E-state index is 12.2. The number of nitrogens with one attached hydrogen (secondary N) is 1. The summed E-state index contributed by atoms with van der Waals surface area (Å²) in [5.74, 6) is -0.236. The van der Waals surface area contributed by atoms with Crippen molar-refractivity contribution < 1.29 is 9.59 Å². The first-order valence-corrected chi connectivity index (χ1v) is 6.97. The minimum atomic E-state index is -0.127. The van der Waals surface area contributed by atoms with Gasteiger partial charge in [-0.15, -0.1) is 0 Å². The van der Waals surface area contributed by atoms with E-state index in [1.807, 2.05) is 32.0 Å². The standard InChI is InChI=1S/C13H17IN2O2/c1-3-15-12(17)9-16(4-2)13(18)10-6-5-7-11(14)8-10/h5-8H,3-4,9H2,1-2H3,(H,15,17). The molecule has 0 spiro atoms. The van der Waals surface area contributed by atoms with Crippen molar-refractivity contribution in [2.75, 3.05) is 19.6 Å². The quantitative estimate of drug-likeness (QED) is 0.816. The lowest BCUT2D eigenvalue weighted by molar-refractivity contribution is -0.121. The Kier molecular flexibility index (Phi) is 6.11. The van der Waals surface area contributed by atoms with Gasteiger partial charge in [-0.05, 0) is 54.6 Å². The molecule has 0 bridgehead atoms. The van der Waals surface area contributed by atoms with Crippen molar-refractivity contribution in [2.24, 2.45) is 0 Å². The first-order chi connectivity index (χ1) is 8.58. The van der Waals surface area contributed by atoms with Crippen molar-refractivity contribution in [1.29, 1.82) is 0 Å². The van der Waals surface area contributed by atoms with Gasteiger partial charge in [0.05, 0.1) is 6.54 Å². The minimum absolute atomic E-state index is 0.106. The van der Waals surface area contributed by atoms with Gasteiger partial charge in [-0.2, -0.15) is 0 Å². The average molecular weight is 360 g/mol. The number of rotatable bonds is 5. The average Bonchev–Trinajstić information content (AvgIpc) is 2.35. The summed E-state index contributed by atoms with van der Waals surface area (Å²) >= 11 is 2.16. The number of halogens is 1. The van der Waals surface area contributed by atoms with Crippen LogP contribution in [0.25, 0.3) is 0 Å². The summed E-state index contributed by atoms with van der Waals surface area (Å²) < 4.78 is 1.01. The molecule has 0 heterocycles. The van der Waals surface area contributed by atoms with Gasteiger partial charge in [0.15, 0.2) is 0 Å². The van der Waals surface area contributed by atoms with E-state index >= 15 is 0 Å². The molecular weight excluding hydrogens is 343 g/mol. The highest BCUT2D eigenvalue weighted by atomic mass is 127. The fourth-order valence-electron chi connectivity index (χ4n) is 1.56. The lowest BCUT2D eigenvalue weighted by atomic mass is 10.2. The van der Waals surface area contributed by atoms with E-state index in [1.165, 1.54) is 4.90 Å². The first-order valence-electron chi connectivity index (χ1n) is 5.90. The second-order valence-electron chi connectivity index (χ2n) is 3.78. The number of hydrogen-bond acceptors (Lipinski definition) is 2. The van der Waals surface area contributed by atoms with Crippen LogP contribution in [-0.2, 0) is 4.79 Å². The molecule has 18 heavy (non-hydrogen) atoms. The summed E-state index contributed by atoms with van der Waals surface area (Å²) in [6.07, 6.45) is 0. The molecule has 0 aromatic heterocycles. The summed E-state index contributed by atoms with van der Waals surface area (Å²) in [7, 11) is 0. The van der Waals surface area contributed by atoms with Gasteiger partial charge >= 0.3 is 0 Å². The molecule has 0 saturated carbocycles. The van der Waals surface area contributed by atoms with Gasteiger partial charge in [-0.1, -0.05) is 6.07 Å². The zero-order valence-corrected chi connectivity index (χ0v) is 12.7. The van der Waals surface area contributed by atoms with Crippen LogP contribution in [0.3, 0.4) is 0 Å². The van der Waals surface area contributed by atoms with E-state index in [9.17, 15) is 9.59 Å². The van der Waals surface area contributed by atoms with Gasteiger partial charge in [-0.3, -0.25) is 9.59 Å². The maximum atomic E-state index is 12.2.